The summed E-state index contributed by atoms with van der Waals surface area (Å²) in [6.45, 7) is 0.520. The summed E-state index contributed by atoms with van der Waals surface area (Å²) in [5, 5.41) is 0. The molecular weight excluding hydrogens is 508 g/mol. The Balaban J connectivity index is 3.66. The summed E-state index contributed by atoms with van der Waals surface area (Å²) in [4.78, 5) is -1.32. The number of unbranched alkanes of at least 4 members (excludes halogenated alkanes) is 3. The van der Waals surface area contributed by atoms with E-state index in [1.54, 1.807) is 6.92 Å². The molecule has 15 heteroatoms. The highest BCUT2D eigenvalue weighted by molar-refractivity contribution is 5.54. The van der Waals surface area contributed by atoms with E-state index in [2.05, 4.69) is 0 Å². The highest BCUT2D eigenvalue weighted by Crippen LogP contribution is 2.52. The van der Waals surface area contributed by atoms with Gasteiger partial charge in [-0.15, -0.1) is 0 Å². The maximum absolute atomic E-state index is 14.6. The van der Waals surface area contributed by atoms with Crippen LogP contribution in [0.2, 0.25) is 0 Å². The van der Waals surface area contributed by atoms with Crippen LogP contribution in [-0.4, -0.2) is 30.6 Å². The van der Waals surface area contributed by atoms with Gasteiger partial charge in [-0.2, -0.15) is 48.3 Å². The van der Waals surface area contributed by atoms with Crippen molar-refractivity contribution in [1.29, 1.82) is 0 Å². The lowest BCUT2D eigenvalue weighted by molar-refractivity contribution is -0.310. The molecule has 0 fully saturated rings. The van der Waals surface area contributed by atoms with Gasteiger partial charge in [-0.05, 0) is 13.3 Å². The Labute approximate surface area is 184 Å². The monoisotopic (exact) mass is 527 g/mol. The highest BCUT2D eigenvalue weighted by Gasteiger charge is 2.73. The zero-order valence-electron chi connectivity index (χ0n) is 17.6. The Morgan fingerprint density at radius 2 is 1.26 bits per heavy atom. The molecule has 0 saturated carbocycles. The Hall–Kier alpha value is -1.96. The molecule has 0 atom stereocenters. The largest absolute Gasteiger partial charge is 0.458 e. The van der Waals surface area contributed by atoms with E-state index < -0.39 is 89.0 Å². The number of halogens is 14. The number of nitrogens with zero attached hydrogens (tertiary/aromatic N) is 1. The van der Waals surface area contributed by atoms with E-state index in [4.69, 9.17) is 0 Å². The summed E-state index contributed by atoms with van der Waals surface area (Å²) in [5.74, 6) is -27.3. The standard InChI is InChI=1S/C19H19F14N/c1-3-5-6-7-8-15(23,24)17(27,28)19(32,33)34(4-2)11-9-10(20)13(21)12(14(11)22)16(25,26)18(29,30)31/h9H,3-8H2,1-2H3. The van der Waals surface area contributed by atoms with Crippen molar-refractivity contribution >= 4 is 5.69 Å². The average molecular weight is 527 g/mol. The van der Waals surface area contributed by atoms with E-state index in [0.29, 0.717) is 19.8 Å². The quantitative estimate of drug-likeness (QED) is 0.121. The third kappa shape index (κ3) is 5.16. The normalized spacial score (nSPS) is 14.0. The van der Waals surface area contributed by atoms with Crippen molar-refractivity contribution in [2.24, 2.45) is 0 Å². The van der Waals surface area contributed by atoms with Crippen molar-refractivity contribution < 1.29 is 61.5 Å². The number of rotatable bonds is 11. The highest BCUT2D eigenvalue weighted by atomic mass is 19.4. The average Bonchev–Trinajstić information content (AvgIpc) is 2.68. The van der Waals surface area contributed by atoms with Gasteiger partial charge in [-0.25, -0.2) is 13.2 Å². The molecule has 0 spiro atoms. The zero-order valence-corrected chi connectivity index (χ0v) is 17.6. The van der Waals surface area contributed by atoms with Gasteiger partial charge in [0.15, 0.2) is 17.5 Å². The molecule has 1 aromatic rings. The fraction of sp³-hybridized carbons (Fsp3) is 0.684. The molecule has 34 heavy (non-hydrogen) atoms. The van der Waals surface area contributed by atoms with Gasteiger partial charge < -0.3 is 4.90 Å². The second-order valence-electron chi connectivity index (χ2n) is 7.33. The molecule has 0 bridgehead atoms. The first-order valence-electron chi connectivity index (χ1n) is 9.75. The van der Waals surface area contributed by atoms with Crippen molar-refractivity contribution in [3.05, 3.63) is 29.1 Å². The fourth-order valence-corrected chi connectivity index (χ4v) is 3.04. The summed E-state index contributed by atoms with van der Waals surface area (Å²) in [5.41, 5.74) is -5.79. The van der Waals surface area contributed by atoms with Crippen LogP contribution >= 0.6 is 0 Å². The van der Waals surface area contributed by atoms with Crippen molar-refractivity contribution in [1.82, 2.24) is 0 Å². The van der Waals surface area contributed by atoms with Crippen LogP contribution in [0.5, 0.6) is 0 Å². The summed E-state index contributed by atoms with van der Waals surface area (Å²) in [6.07, 6.45) is -8.43. The van der Waals surface area contributed by atoms with Crippen LogP contribution in [0.1, 0.15) is 51.5 Å². The molecule has 0 aromatic heterocycles. The molecule has 0 aliphatic heterocycles. The van der Waals surface area contributed by atoms with Crippen LogP contribution in [-0.2, 0) is 5.92 Å². The second-order valence-corrected chi connectivity index (χ2v) is 7.33. The van der Waals surface area contributed by atoms with Crippen LogP contribution in [0.25, 0.3) is 0 Å². The van der Waals surface area contributed by atoms with Gasteiger partial charge in [0.1, 0.15) is 5.56 Å². The maximum Gasteiger partial charge on any atom is 0.458 e. The molecule has 0 heterocycles. The maximum atomic E-state index is 14.6. The molecule has 1 aromatic carbocycles. The Morgan fingerprint density at radius 1 is 0.735 bits per heavy atom. The first kappa shape index (κ1) is 30.1. The van der Waals surface area contributed by atoms with Gasteiger partial charge in [-0.1, -0.05) is 26.2 Å². The molecule has 0 aliphatic carbocycles. The van der Waals surface area contributed by atoms with E-state index in [1.165, 1.54) is 0 Å². The Morgan fingerprint density at radius 3 is 1.71 bits per heavy atom. The van der Waals surface area contributed by atoms with Crippen LogP contribution in [0.3, 0.4) is 0 Å². The SMILES string of the molecule is CCCCCCC(F)(F)C(F)(F)C(F)(F)N(CC)c1cc(F)c(F)c(C(F)(F)C(F)(F)F)c1F. The minimum absolute atomic E-state index is 0.0427. The van der Waals surface area contributed by atoms with E-state index in [1.807, 2.05) is 0 Å². The van der Waals surface area contributed by atoms with Crippen molar-refractivity contribution in [2.75, 3.05) is 11.4 Å². The predicted octanol–water partition coefficient (Wildman–Crippen LogP) is 8.42. The first-order valence-corrected chi connectivity index (χ1v) is 9.75. The molecule has 0 unspecified atom stereocenters. The van der Waals surface area contributed by atoms with Crippen molar-refractivity contribution in [2.45, 2.75) is 75.9 Å². The second kappa shape index (κ2) is 9.96. The molecule has 0 aliphatic rings. The first-order chi connectivity index (χ1) is 15.2. The molecule has 198 valence electrons. The Bertz CT molecular complexity index is 846. The minimum Gasteiger partial charge on any atom is -0.305 e. The number of benzene rings is 1. The molecule has 0 saturated heterocycles. The number of anilines is 1. The fourth-order valence-electron chi connectivity index (χ4n) is 3.04. The van der Waals surface area contributed by atoms with Crippen LogP contribution in [0.4, 0.5) is 67.2 Å². The van der Waals surface area contributed by atoms with E-state index in [0.717, 1.165) is 0 Å². The molecule has 0 N–H and O–H groups in total. The lowest BCUT2D eigenvalue weighted by Crippen LogP contribution is -2.62. The van der Waals surface area contributed by atoms with Gasteiger partial charge in [-0.3, -0.25) is 0 Å². The van der Waals surface area contributed by atoms with Gasteiger partial charge in [0, 0.05) is 19.0 Å². The molecule has 1 rings (SSSR count). The van der Waals surface area contributed by atoms with Gasteiger partial charge in [0.25, 0.3) is 0 Å². The predicted molar refractivity (Wildman–Crippen MR) is 92.9 cm³/mol. The topological polar surface area (TPSA) is 3.24 Å². The Kier molecular flexibility index (Phi) is 8.81. The summed E-state index contributed by atoms with van der Waals surface area (Å²) < 4.78 is 193. The summed E-state index contributed by atoms with van der Waals surface area (Å²) in [7, 11) is 0. The smallest absolute Gasteiger partial charge is 0.305 e. The molecule has 0 amide bonds. The van der Waals surface area contributed by atoms with Crippen molar-refractivity contribution in [3.8, 4) is 0 Å². The van der Waals surface area contributed by atoms with E-state index in [-0.39, 0.29) is 6.42 Å². The number of alkyl halides is 11. The van der Waals surface area contributed by atoms with Gasteiger partial charge in [0.2, 0.25) is 0 Å². The third-order valence-corrected chi connectivity index (χ3v) is 4.93. The summed E-state index contributed by atoms with van der Waals surface area (Å²) in [6, 6.07) is -6.83. The summed E-state index contributed by atoms with van der Waals surface area (Å²) >= 11 is 0. The van der Waals surface area contributed by atoms with Gasteiger partial charge in [0.05, 0.1) is 5.69 Å². The minimum atomic E-state index is -6.76. The molecule has 0 radical (unpaired) electrons. The van der Waals surface area contributed by atoms with Crippen LogP contribution < -0.4 is 4.90 Å². The number of hydrogen-bond donors (Lipinski definition) is 0. The van der Waals surface area contributed by atoms with E-state index in [9.17, 15) is 61.5 Å². The third-order valence-electron chi connectivity index (χ3n) is 4.93. The van der Waals surface area contributed by atoms with Crippen LogP contribution in [0.15, 0.2) is 6.07 Å². The van der Waals surface area contributed by atoms with Gasteiger partial charge >= 0.3 is 30.0 Å². The van der Waals surface area contributed by atoms with E-state index >= 15 is 0 Å². The lowest BCUT2D eigenvalue weighted by Gasteiger charge is -2.40. The van der Waals surface area contributed by atoms with Crippen molar-refractivity contribution in [3.63, 3.8) is 0 Å². The zero-order chi connectivity index (χ0) is 26.9. The lowest BCUT2D eigenvalue weighted by atomic mass is 9.99. The molecular formula is C19H19F14N. The number of hydrogen-bond acceptors (Lipinski definition) is 1. The molecule has 1 nitrogen and oxygen atoms in total. The van der Waals surface area contributed by atoms with Crippen LogP contribution in [0, 0.1) is 17.5 Å².